The SMILES string of the molecule is COC[C@@H]1CCOC(C2=C(P(c3ccccc3)c3ccccc3)C=CC2)O1. The lowest BCUT2D eigenvalue weighted by Gasteiger charge is -2.32. The van der Waals surface area contributed by atoms with Gasteiger partial charge in [-0.3, -0.25) is 0 Å². The van der Waals surface area contributed by atoms with Crippen LogP contribution in [0.2, 0.25) is 0 Å². The first kappa shape index (κ1) is 18.6. The van der Waals surface area contributed by atoms with E-state index < -0.39 is 7.92 Å². The summed E-state index contributed by atoms with van der Waals surface area (Å²) in [5.41, 5.74) is 1.26. The first-order valence-corrected chi connectivity index (χ1v) is 10.8. The van der Waals surface area contributed by atoms with E-state index in [9.17, 15) is 0 Å². The van der Waals surface area contributed by atoms with Gasteiger partial charge in [-0.25, -0.2) is 0 Å². The summed E-state index contributed by atoms with van der Waals surface area (Å²) in [6.45, 7) is 1.33. The molecule has 0 radical (unpaired) electrons. The van der Waals surface area contributed by atoms with Crippen molar-refractivity contribution in [1.82, 2.24) is 0 Å². The molecule has 1 heterocycles. The minimum absolute atomic E-state index is 0.0998. The normalized spacial score (nSPS) is 22.6. The summed E-state index contributed by atoms with van der Waals surface area (Å²) in [4.78, 5) is 0. The lowest BCUT2D eigenvalue weighted by molar-refractivity contribution is -0.203. The van der Waals surface area contributed by atoms with Crippen LogP contribution in [-0.4, -0.2) is 32.7 Å². The highest BCUT2D eigenvalue weighted by Gasteiger charge is 2.31. The highest BCUT2D eigenvalue weighted by atomic mass is 31.1. The first-order chi connectivity index (χ1) is 13.4. The first-order valence-electron chi connectivity index (χ1n) is 9.42. The Morgan fingerprint density at radius 3 is 2.30 bits per heavy atom. The molecule has 2 aromatic rings. The van der Waals surface area contributed by atoms with Gasteiger partial charge >= 0.3 is 0 Å². The van der Waals surface area contributed by atoms with Crippen molar-refractivity contribution in [3.8, 4) is 0 Å². The summed E-state index contributed by atoms with van der Waals surface area (Å²) >= 11 is 0. The van der Waals surface area contributed by atoms with E-state index in [0.717, 1.165) is 12.8 Å². The Hall–Kier alpha value is -1.77. The van der Waals surface area contributed by atoms with E-state index in [0.29, 0.717) is 13.2 Å². The minimum atomic E-state index is -0.637. The molecule has 1 fully saturated rings. The molecule has 0 aromatic heterocycles. The van der Waals surface area contributed by atoms with Gasteiger partial charge in [0.1, 0.15) is 0 Å². The summed E-state index contributed by atoms with van der Waals surface area (Å²) in [6, 6.07) is 21.5. The molecule has 2 aromatic carbocycles. The van der Waals surface area contributed by atoms with Crippen molar-refractivity contribution in [2.45, 2.75) is 25.2 Å². The van der Waals surface area contributed by atoms with Gasteiger partial charge in [0.15, 0.2) is 6.29 Å². The van der Waals surface area contributed by atoms with Crippen molar-refractivity contribution in [3.63, 3.8) is 0 Å². The Bertz CT molecular complexity index is 759. The molecule has 4 heteroatoms. The van der Waals surface area contributed by atoms with Crippen molar-refractivity contribution in [2.75, 3.05) is 20.3 Å². The van der Waals surface area contributed by atoms with Crippen LogP contribution in [0.25, 0.3) is 0 Å². The maximum Gasteiger partial charge on any atom is 0.181 e. The van der Waals surface area contributed by atoms with E-state index in [-0.39, 0.29) is 12.4 Å². The fourth-order valence-electron chi connectivity index (χ4n) is 3.61. The predicted octanol–water partition coefficient (Wildman–Crippen LogP) is 4.11. The number of hydrogen-bond acceptors (Lipinski definition) is 3. The van der Waals surface area contributed by atoms with Crippen molar-refractivity contribution in [1.29, 1.82) is 0 Å². The lowest BCUT2D eigenvalue weighted by Crippen LogP contribution is -2.36. The van der Waals surface area contributed by atoms with Gasteiger partial charge in [-0.15, -0.1) is 0 Å². The smallest absolute Gasteiger partial charge is 0.181 e. The molecule has 140 valence electrons. The molecular formula is C23H25O3P. The second-order valence-corrected chi connectivity index (χ2v) is 8.91. The van der Waals surface area contributed by atoms with Crippen molar-refractivity contribution in [2.24, 2.45) is 0 Å². The van der Waals surface area contributed by atoms with Crippen molar-refractivity contribution < 1.29 is 14.2 Å². The Kier molecular flexibility index (Phi) is 6.16. The maximum absolute atomic E-state index is 6.23. The highest BCUT2D eigenvalue weighted by molar-refractivity contribution is 7.77. The van der Waals surface area contributed by atoms with Gasteiger partial charge in [-0.2, -0.15) is 0 Å². The molecule has 0 spiro atoms. The maximum atomic E-state index is 6.23. The van der Waals surface area contributed by atoms with E-state index in [2.05, 4.69) is 72.8 Å². The largest absolute Gasteiger partial charge is 0.382 e. The molecule has 2 aliphatic rings. The van der Waals surface area contributed by atoms with E-state index in [4.69, 9.17) is 14.2 Å². The van der Waals surface area contributed by atoms with Crippen LogP contribution in [0, 0.1) is 0 Å². The quantitative estimate of drug-likeness (QED) is 0.706. The Labute approximate surface area is 162 Å². The van der Waals surface area contributed by atoms with Crippen molar-refractivity contribution in [3.05, 3.63) is 83.7 Å². The molecule has 0 N–H and O–H groups in total. The van der Waals surface area contributed by atoms with Crippen LogP contribution in [0.5, 0.6) is 0 Å². The number of rotatable bonds is 6. The summed E-state index contributed by atoms with van der Waals surface area (Å²) < 4.78 is 17.6. The number of allylic oxidation sites excluding steroid dienone is 3. The van der Waals surface area contributed by atoms with E-state index >= 15 is 0 Å². The standard InChI is InChI=1S/C23H25O3P/c1-24-17-18-15-16-25-23(26-18)21-13-8-14-22(21)27(19-9-4-2-5-10-19)20-11-6-3-7-12-20/h2-12,14,18,23H,13,15-17H2,1H3/t18-,23?/m0/s1. The monoisotopic (exact) mass is 380 g/mol. The zero-order valence-corrected chi connectivity index (χ0v) is 16.5. The zero-order valence-electron chi connectivity index (χ0n) is 15.6. The van der Waals surface area contributed by atoms with Crippen LogP contribution >= 0.6 is 7.92 Å². The van der Waals surface area contributed by atoms with E-state index in [1.54, 1.807) is 7.11 Å². The van der Waals surface area contributed by atoms with Gasteiger partial charge in [0.05, 0.1) is 19.3 Å². The molecule has 2 atom stereocenters. The summed E-state index contributed by atoms with van der Waals surface area (Å²) in [5.74, 6) is 0. The molecule has 1 unspecified atom stereocenters. The summed E-state index contributed by atoms with van der Waals surface area (Å²) in [7, 11) is 1.09. The number of hydrogen-bond donors (Lipinski definition) is 0. The fraction of sp³-hybridized carbons (Fsp3) is 0.304. The second kappa shape index (κ2) is 8.95. The van der Waals surface area contributed by atoms with Crippen LogP contribution < -0.4 is 10.6 Å². The number of methoxy groups -OCH3 is 1. The molecule has 0 bridgehead atoms. The van der Waals surface area contributed by atoms with Crippen LogP contribution in [0.15, 0.2) is 83.7 Å². The Morgan fingerprint density at radius 2 is 1.67 bits per heavy atom. The van der Waals surface area contributed by atoms with Gasteiger partial charge in [0.25, 0.3) is 0 Å². The van der Waals surface area contributed by atoms with E-state index in [1.807, 2.05) is 0 Å². The van der Waals surface area contributed by atoms with Gasteiger partial charge in [-0.05, 0) is 42.3 Å². The molecule has 0 amide bonds. The molecule has 3 nitrogen and oxygen atoms in total. The topological polar surface area (TPSA) is 27.7 Å². The number of benzene rings is 2. The number of ether oxygens (including phenoxy) is 3. The summed E-state index contributed by atoms with van der Waals surface area (Å²) in [6.07, 6.45) is 6.10. The molecule has 1 aliphatic carbocycles. The molecular weight excluding hydrogens is 355 g/mol. The Balaban J connectivity index is 1.71. The summed E-state index contributed by atoms with van der Waals surface area (Å²) in [5, 5.41) is 4.05. The average molecular weight is 380 g/mol. The highest BCUT2D eigenvalue weighted by Crippen LogP contribution is 2.49. The molecule has 1 aliphatic heterocycles. The Morgan fingerprint density at radius 1 is 1.00 bits per heavy atom. The lowest BCUT2D eigenvalue weighted by atomic mass is 10.2. The minimum Gasteiger partial charge on any atom is -0.382 e. The van der Waals surface area contributed by atoms with Gasteiger partial charge in [0.2, 0.25) is 0 Å². The predicted molar refractivity (Wildman–Crippen MR) is 111 cm³/mol. The fourth-order valence-corrected chi connectivity index (χ4v) is 6.14. The third kappa shape index (κ3) is 4.23. The zero-order chi connectivity index (χ0) is 18.5. The van der Waals surface area contributed by atoms with Crippen LogP contribution in [0.4, 0.5) is 0 Å². The van der Waals surface area contributed by atoms with Gasteiger partial charge in [0, 0.05) is 7.11 Å². The third-order valence-electron chi connectivity index (χ3n) is 4.87. The van der Waals surface area contributed by atoms with Gasteiger partial charge in [-0.1, -0.05) is 72.8 Å². The third-order valence-corrected chi connectivity index (χ3v) is 7.42. The van der Waals surface area contributed by atoms with Crippen LogP contribution in [0.1, 0.15) is 12.8 Å². The van der Waals surface area contributed by atoms with Crippen molar-refractivity contribution >= 4 is 18.5 Å². The molecule has 1 saturated heterocycles. The average Bonchev–Trinajstić information content (AvgIpc) is 3.20. The molecule has 4 rings (SSSR count). The van der Waals surface area contributed by atoms with Crippen LogP contribution in [-0.2, 0) is 14.2 Å². The molecule has 0 saturated carbocycles. The molecule has 27 heavy (non-hydrogen) atoms. The second-order valence-electron chi connectivity index (χ2n) is 6.73. The van der Waals surface area contributed by atoms with Gasteiger partial charge < -0.3 is 14.2 Å². The van der Waals surface area contributed by atoms with E-state index in [1.165, 1.54) is 21.5 Å². The van der Waals surface area contributed by atoms with Crippen LogP contribution in [0.3, 0.4) is 0 Å².